The van der Waals surface area contributed by atoms with Gasteiger partial charge < -0.3 is 9.73 Å². The zero-order chi connectivity index (χ0) is 16.8. The zero-order valence-corrected chi connectivity index (χ0v) is 15.0. The number of oxazole rings is 1. The third-order valence-corrected chi connectivity index (χ3v) is 5.31. The minimum atomic E-state index is 0.119. The molecule has 0 radical (unpaired) electrons. The number of thioether (sulfide) groups is 1. The molecule has 0 aliphatic heterocycles. The van der Waals surface area contributed by atoms with Gasteiger partial charge in [-0.15, -0.1) is 11.8 Å². The molecule has 2 aromatic rings. The number of halogens is 1. The van der Waals surface area contributed by atoms with E-state index in [4.69, 9.17) is 16.0 Å². The van der Waals surface area contributed by atoms with Crippen molar-refractivity contribution in [2.75, 3.05) is 5.75 Å². The molecule has 1 aliphatic carbocycles. The Morgan fingerprint density at radius 1 is 1.25 bits per heavy atom. The molecule has 128 valence electrons. The summed E-state index contributed by atoms with van der Waals surface area (Å²) in [5.74, 6) is 1.82. The average Bonchev–Trinajstić information content (AvgIpc) is 3.05. The van der Waals surface area contributed by atoms with Gasteiger partial charge in [0.2, 0.25) is 11.8 Å². The second kappa shape index (κ2) is 8.58. The lowest BCUT2D eigenvalue weighted by atomic mass is 9.95. The third kappa shape index (κ3) is 5.02. The van der Waals surface area contributed by atoms with Gasteiger partial charge >= 0.3 is 0 Å². The van der Waals surface area contributed by atoms with Gasteiger partial charge in [-0.3, -0.25) is 4.79 Å². The Balaban J connectivity index is 1.43. The lowest BCUT2D eigenvalue weighted by Gasteiger charge is -2.22. The highest BCUT2D eigenvalue weighted by Gasteiger charge is 2.15. The fourth-order valence-electron chi connectivity index (χ4n) is 2.86. The van der Waals surface area contributed by atoms with Crippen LogP contribution >= 0.6 is 23.4 Å². The molecule has 1 fully saturated rings. The maximum atomic E-state index is 12.0. The number of aromatic nitrogens is 1. The molecule has 6 heteroatoms. The molecule has 1 N–H and O–H groups in total. The predicted octanol–water partition coefficient (Wildman–Crippen LogP) is 4.68. The van der Waals surface area contributed by atoms with E-state index in [0.717, 1.165) is 24.1 Å². The molecule has 0 spiro atoms. The summed E-state index contributed by atoms with van der Waals surface area (Å²) in [6.45, 7) is 0. The van der Waals surface area contributed by atoms with Crippen molar-refractivity contribution in [3.05, 3.63) is 41.2 Å². The highest BCUT2D eigenvalue weighted by Crippen LogP contribution is 2.22. The van der Waals surface area contributed by atoms with Crippen LogP contribution in [-0.4, -0.2) is 22.7 Å². The first-order valence-electron chi connectivity index (χ1n) is 8.28. The van der Waals surface area contributed by atoms with Gasteiger partial charge in [0.15, 0.2) is 0 Å². The van der Waals surface area contributed by atoms with Crippen molar-refractivity contribution < 1.29 is 9.21 Å². The van der Waals surface area contributed by atoms with Crippen molar-refractivity contribution in [2.24, 2.45) is 0 Å². The largest absolute Gasteiger partial charge is 0.444 e. The minimum Gasteiger partial charge on any atom is -0.444 e. The smallest absolute Gasteiger partial charge is 0.230 e. The van der Waals surface area contributed by atoms with Gasteiger partial charge in [-0.1, -0.05) is 30.9 Å². The van der Waals surface area contributed by atoms with Gasteiger partial charge in [-0.05, 0) is 37.1 Å². The monoisotopic (exact) mass is 364 g/mol. The van der Waals surface area contributed by atoms with E-state index in [2.05, 4.69) is 10.3 Å². The van der Waals surface area contributed by atoms with Gasteiger partial charge in [-0.2, -0.15) is 0 Å². The van der Waals surface area contributed by atoms with Crippen LogP contribution in [0.2, 0.25) is 5.02 Å². The lowest BCUT2D eigenvalue weighted by molar-refractivity contribution is -0.119. The summed E-state index contributed by atoms with van der Waals surface area (Å²) < 4.78 is 5.50. The van der Waals surface area contributed by atoms with E-state index in [0.29, 0.717) is 28.5 Å². The molecule has 0 saturated heterocycles. The Kier molecular flexibility index (Phi) is 6.21. The van der Waals surface area contributed by atoms with Crippen LogP contribution in [0.1, 0.15) is 37.8 Å². The van der Waals surface area contributed by atoms with Crippen LogP contribution in [0.3, 0.4) is 0 Å². The Labute approximate surface area is 151 Å². The molecular formula is C18H21ClN2O2S. The van der Waals surface area contributed by atoms with Crippen molar-refractivity contribution in [1.29, 1.82) is 0 Å². The number of benzene rings is 1. The molecule has 0 unspecified atom stereocenters. The summed E-state index contributed by atoms with van der Waals surface area (Å²) in [6, 6.07) is 7.75. The summed E-state index contributed by atoms with van der Waals surface area (Å²) in [5.41, 5.74) is 1.74. The zero-order valence-electron chi connectivity index (χ0n) is 13.5. The van der Waals surface area contributed by atoms with Gasteiger partial charge in [0, 0.05) is 22.4 Å². The van der Waals surface area contributed by atoms with E-state index in [1.165, 1.54) is 19.3 Å². The van der Waals surface area contributed by atoms with Crippen LogP contribution in [0.5, 0.6) is 0 Å². The second-order valence-electron chi connectivity index (χ2n) is 6.05. The average molecular weight is 365 g/mol. The fraction of sp³-hybridized carbons (Fsp3) is 0.444. The molecular weight excluding hydrogens is 344 g/mol. The number of carbonyl (C=O) groups is 1. The highest BCUT2D eigenvalue weighted by atomic mass is 35.5. The lowest BCUT2D eigenvalue weighted by Crippen LogP contribution is -2.37. The molecule has 4 nitrogen and oxygen atoms in total. The van der Waals surface area contributed by atoms with E-state index < -0.39 is 0 Å². The molecule has 1 saturated carbocycles. The Hall–Kier alpha value is -1.46. The van der Waals surface area contributed by atoms with E-state index in [9.17, 15) is 4.79 Å². The normalized spacial score (nSPS) is 15.4. The first-order valence-corrected chi connectivity index (χ1v) is 9.81. The van der Waals surface area contributed by atoms with Crippen molar-refractivity contribution in [2.45, 2.75) is 43.9 Å². The molecule has 1 amide bonds. The molecule has 1 aromatic carbocycles. The maximum absolute atomic E-state index is 12.0. The van der Waals surface area contributed by atoms with Crippen molar-refractivity contribution in [1.82, 2.24) is 10.3 Å². The van der Waals surface area contributed by atoms with E-state index in [1.807, 2.05) is 24.3 Å². The Morgan fingerprint density at radius 2 is 2.00 bits per heavy atom. The van der Waals surface area contributed by atoms with Crippen LogP contribution in [0.4, 0.5) is 0 Å². The van der Waals surface area contributed by atoms with E-state index in [-0.39, 0.29) is 5.91 Å². The number of nitrogens with one attached hydrogen (secondary N) is 1. The summed E-state index contributed by atoms with van der Waals surface area (Å²) in [5, 5.41) is 3.81. The summed E-state index contributed by atoms with van der Waals surface area (Å²) in [7, 11) is 0. The molecule has 1 aliphatic rings. The number of hydrogen-bond acceptors (Lipinski definition) is 4. The number of carbonyl (C=O) groups excluding carboxylic acids is 1. The number of amides is 1. The molecule has 1 heterocycles. The van der Waals surface area contributed by atoms with Crippen LogP contribution in [-0.2, 0) is 10.5 Å². The fourth-order valence-corrected chi connectivity index (χ4v) is 3.70. The minimum absolute atomic E-state index is 0.119. The van der Waals surface area contributed by atoms with E-state index in [1.54, 1.807) is 18.0 Å². The second-order valence-corrected chi connectivity index (χ2v) is 7.47. The van der Waals surface area contributed by atoms with Crippen molar-refractivity contribution >= 4 is 29.3 Å². The molecule has 1 aromatic heterocycles. The summed E-state index contributed by atoms with van der Waals surface area (Å²) in [4.78, 5) is 16.4. The van der Waals surface area contributed by atoms with Gasteiger partial charge in [0.25, 0.3) is 0 Å². The van der Waals surface area contributed by atoms with Crippen LogP contribution in [0, 0.1) is 0 Å². The van der Waals surface area contributed by atoms with Crippen LogP contribution < -0.4 is 5.32 Å². The summed E-state index contributed by atoms with van der Waals surface area (Å²) >= 11 is 7.44. The van der Waals surface area contributed by atoms with Crippen molar-refractivity contribution in [3.8, 4) is 11.5 Å². The van der Waals surface area contributed by atoms with Gasteiger partial charge in [0.1, 0.15) is 6.26 Å². The third-order valence-electron chi connectivity index (χ3n) is 4.10. The van der Waals surface area contributed by atoms with Gasteiger partial charge in [0.05, 0.1) is 11.4 Å². The highest BCUT2D eigenvalue weighted by molar-refractivity contribution is 7.99. The Bertz CT molecular complexity index is 666. The number of hydrogen-bond donors (Lipinski definition) is 1. The number of nitrogens with zero attached hydrogens (tertiary/aromatic N) is 1. The maximum Gasteiger partial charge on any atom is 0.230 e. The van der Waals surface area contributed by atoms with E-state index >= 15 is 0 Å². The van der Waals surface area contributed by atoms with Crippen LogP contribution in [0.15, 0.2) is 34.9 Å². The van der Waals surface area contributed by atoms with Crippen LogP contribution in [0.25, 0.3) is 11.5 Å². The molecule has 0 atom stereocenters. The Morgan fingerprint density at radius 3 is 2.75 bits per heavy atom. The van der Waals surface area contributed by atoms with Gasteiger partial charge in [-0.25, -0.2) is 4.98 Å². The standard InChI is InChI=1S/C18H21ClN2O2S/c19-14-8-6-13(7-9-14)18-21-16(10-23-18)11-24-12-17(22)20-15-4-2-1-3-5-15/h6-10,15H,1-5,11-12H2,(H,20,22). The quantitative estimate of drug-likeness (QED) is 0.808. The first-order chi connectivity index (χ1) is 11.7. The summed E-state index contributed by atoms with van der Waals surface area (Å²) in [6.07, 6.45) is 7.63. The molecule has 24 heavy (non-hydrogen) atoms. The number of rotatable bonds is 6. The SMILES string of the molecule is O=C(CSCc1coc(-c2ccc(Cl)cc2)n1)NC1CCCCC1. The topological polar surface area (TPSA) is 55.1 Å². The predicted molar refractivity (Wildman–Crippen MR) is 98.1 cm³/mol. The van der Waals surface area contributed by atoms with Crippen molar-refractivity contribution in [3.63, 3.8) is 0 Å². The molecule has 3 rings (SSSR count). The first kappa shape index (κ1) is 17.4. The molecule has 0 bridgehead atoms.